The summed E-state index contributed by atoms with van der Waals surface area (Å²) in [5, 5.41) is 2.99. The SMILES string of the molecule is Cc1cccc([C@@H](C)NC(=O)CC(N)C(C)C)c1. The fraction of sp³-hybridized carbons (Fsp3) is 0.533. The lowest BCUT2D eigenvalue weighted by Crippen LogP contribution is -2.35. The first-order valence-corrected chi connectivity index (χ1v) is 6.51. The van der Waals surface area contributed by atoms with E-state index < -0.39 is 0 Å². The zero-order valence-corrected chi connectivity index (χ0v) is 11.7. The lowest BCUT2D eigenvalue weighted by molar-refractivity contribution is -0.122. The largest absolute Gasteiger partial charge is 0.350 e. The highest BCUT2D eigenvalue weighted by molar-refractivity contribution is 5.77. The Morgan fingerprint density at radius 2 is 2.00 bits per heavy atom. The number of hydrogen-bond acceptors (Lipinski definition) is 2. The molecule has 3 heteroatoms. The highest BCUT2D eigenvalue weighted by atomic mass is 16.1. The van der Waals surface area contributed by atoms with Crippen LogP contribution in [-0.2, 0) is 4.79 Å². The summed E-state index contributed by atoms with van der Waals surface area (Å²) in [5.74, 6) is 0.343. The van der Waals surface area contributed by atoms with Crippen LogP contribution in [0.4, 0.5) is 0 Å². The molecule has 1 rings (SSSR count). The van der Waals surface area contributed by atoms with Gasteiger partial charge in [0.25, 0.3) is 0 Å². The van der Waals surface area contributed by atoms with Gasteiger partial charge < -0.3 is 11.1 Å². The predicted octanol–water partition coefficient (Wildman–Crippen LogP) is 2.55. The van der Waals surface area contributed by atoms with Crippen molar-refractivity contribution in [2.75, 3.05) is 0 Å². The summed E-state index contributed by atoms with van der Waals surface area (Å²) in [4.78, 5) is 11.8. The molecule has 1 unspecified atom stereocenters. The molecule has 0 saturated carbocycles. The first-order chi connectivity index (χ1) is 8.40. The van der Waals surface area contributed by atoms with Crippen LogP contribution in [0.15, 0.2) is 24.3 Å². The maximum atomic E-state index is 11.8. The zero-order chi connectivity index (χ0) is 13.7. The molecule has 1 aromatic carbocycles. The summed E-state index contributed by atoms with van der Waals surface area (Å²) in [6.07, 6.45) is 0.383. The summed E-state index contributed by atoms with van der Waals surface area (Å²) in [6, 6.07) is 8.12. The van der Waals surface area contributed by atoms with Gasteiger partial charge in [0.05, 0.1) is 6.04 Å². The average Bonchev–Trinajstić information content (AvgIpc) is 2.28. The van der Waals surface area contributed by atoms with E-state index >= 15 is 0 Å². The first kappa shape index (κ1) is 14.7. The number of benzene rings is 1. The summed E-state index contributed by atoms with van der Waals surface area (Å²) >= 11 is 0. The van der Waals surface area contributed by atoms with Crippen molar-refractivity contribution in [3.8, 4) is 0 Å². The van der Waals surface area contributed by atoms with E-state index in [0.29, 0.717) is 12.3 Å². The molecule has 0 aliphatic carbocycles. The maximum Gasteiger partial charge on any atom is 0.222 e. The summed E-state index contributed by atoms with van der Waals surface area (Å²) in [6.45, 7) is 8.10. The molecule has 0 fully saturated rings. The van der Waals surface area contributed by atoms with Crippen LogP contribution in [0.2, 0.25) is 0 Å². The maximum absolute atomic E-state index is 11.8. The monoisotopic (exact) mass is 248 g/mol. The van der Waals surface area contributed by atoms with Crippen molar-refractivity contribution in [3.63, 3.8) is 0 Å². The van der Waals surface area contributed by atoms with Gasteiger partial charge in [0.1, 0.15) is 0 Å². The second-order valence-electron chi connectivity index (χ2n) is 5.32. The Balaban J connectivity index is 2.54. The van der Waals surface area contributed by atoms with E-state index in [1.54, 1.807) is 0 Å². The molecule has 1 aromatic rings. The zero-order valence-electron chi connectivity index (χ0n) is 11.7. The molecule has 100 valence electrons. The minimum absolute atomic E-state index is 0.0187. The molecule has 1 amide bonds. The molecule has 0 aromatic heterocycles. The molecule has 3 N–H and O–H groups in total. The van der Waals surface area contributed by atoms with Crippen LogP contribution in [-0.4, -0.2) is 11.9 Å². The molecule has 0 bridgehead atoms. The average molecular weight is 248 g/mol. The number of rotatable bonds is 5. The number of aryl methyl sites for hydroxylation is 1. The van der Waals surface area contributed by atoms with Crippen molar-refractivity contribution in [3.05, 3.63) is 35.4 Å². The van der Waals surface area contributed by atoms with E-state index in [1.165, 1.54) is 5.56 Å². The van der Waals surface area contributed by atoms with Gasteiger partial charge in [0.2, 0.25) is 5.91 Å². The Labute approximate surface area is 110 Å². The van der Waals surface area contributed by atoms with Gasteiger partial charge in [-0.2, -0.15) is 0 Å². The molecule has 3 nitrogen and oxygen atoms in total. The van der Waals surface area contributed by atoms with Crippen molar-refractivity contribution in [2.45, 2.75) is 46.2 Å². The first-order valence-electron chi connectivity index (χ1n) is 6.51. The second-order valence-corrected chi connectivity index (χ2v) is 5.32. The topological polar surface area (TPSA) is 55.1 Å². The quantitative estimate of drug-likeness (QED) is 0.841. The van der Waals surface area contributed by atoms with Crippen molar-refractivity contribution in [1.82, 2.24) is 5.32 Å². The standard InChI is InChI=1S/C15H24N2O/c1-10(2)14(16)9-15(18)17-12(4)13-7-5-6-11(3)8-13/h5-8,10,12,14H,9,16H2,1-4H3,(H,17,18)/t12-,14?/m1/s1. The van der Waals surface area contributed by atoms with Gasteiger partial charge in [0, 0.05) is 12.5 Å². The Morgan fingerprint density at radius 3 is 2.56 bits per heavy atom. The van der Waals surface area contributed by atoms with Gasteiger partial charge in [-0.1, -0.05) is 43.7 Å². The van der Waals surface area contributed by atoms with Crippen LogP contribution in [0.25, 0.3) is 0 Å². The van der Waals surface area contributed by atoms with Gasteiger partial charge in [0.15, 0.2) is 0 Å². The van der Waals surface area contributed by atoms with Crippen LogP contribution < -0.4 is 11.1 Å². The normalized spacial score (nSPS) is 14.3. The fourth-order valence-electron chi connectivity index (χ4n) is 1.77. The smallest absolute Gasteiger partial charge is 0.222 e. The summed E-state index contributed by atoms with van der Waals surface area (Å²) < 4.78 is 0. The number of carbonyl (C=O) groups excluding carboxylic acids is 1. The molecule has 0 aliphatic heterocycles. The van der Waals surface area contributed by atoms with Crippen LogP contribution in [0, 0.1) is 12.8 Å². The minimum Gasteiger partial charge on any atom is -0.350 e. The molecular formula is C15H24N2O. The van der Waals surface area contributed by atoms with Gasteiger partial charge in [-0.15, -0.1) is 0 Å². The van der Waals surface area contributed by atoms with E-state index in [9.17, 15) is 4.79 Å². The number of hydrogen-bond donors (Lipinski definition) is 2. The lowest BCUT2D eigenvalue weighted by atomic mass is 10.0. The van der Waals surface area contributed by atoms with Crippen molar-refractivity contribution in [2.24, 2.45) is 11.7 Å². The molecule has 0 spiro atoms. The Hall–Kier alpha value is -1.35. The van der Waals surface area contributed by atoms with E-state index in [1.807, 2.05) is 45.9 Å². The molecule has 0 aliphatic rings. The van der Waals surface area contributed by atoms with Crippen LogP contribution in [0.5, 0.6) is 0 Å². The number of nitrogens with one attached hydrogen (secondary N) is 1. The Morgan fingerprint density at radius 1 is 1.33 bits per heavy atom. The van der Waals surface area contributed by atoms with Crippen molar-refractivity contribution >= 4 is 5.91 Å². The summed E-state index contributed by atoms with van der Waals surface area (Å²) in [5.41, 5.74) is 8.22. The van der Waals surface area contributed by atoms with Gasteiger partial charge in [-0.05, 0) is 25.3 Å². The van der Waals surface area contributed by atoms with Crippen LogP contribution in [0.3, 0.4) is 0 Å². The van der Waals surface area contributed by atoms with Crippen LogP contribution >= 0.6 is 0 Å². The van der Waals surface area contributed by atoms with E-state index in [2.05, 4.69) is 11.4 Å². The molecule has 0 heterocycles. The molecule has 0 saturated heterocycles. The number of nitrogens with two attached hydrogens (primary N) is 1. The Bertz CT molecular complexity index is 401. The third kappa shape index (κ3) is 4.49. The third-order valence-electron chi connectivity index (χ3n) is 3.20. The molecule has 18 heavy (non-hydrogen) atoms. The fourth-order valence-corrected chi connectivity index (χ4v) is 1.77. The van der Waals surface area contributed by atoms with E-state index in [4.69, 9.17) is 5.73 Å². The Kier molecular flexibility index (Phi) is 5.35. The van der Waals surface area contributed by atoms with Gasteiger partial charge >= 0.3 is 0 Å². The second kappa shape index (κ2) is 6.55. The van der Waals surface area contributed by atoms with Crippen molar-refractivity contribution in [1.29, 1.82) is 0 Å². The van der Waals surface area contributed by atoms with Crippen molar-refractivity contribution < 1.29 is 4.79 Å². The molecule has 0 radical (unpaired) electrons. The molecular weight excluding hydrogens is 224 g/mol. The van der Waals surface area contributed by atoms with E-state index in [-0.39, 0.29) is 18.0 Å². The highest BCUT2D eigenvalue weighted by Crippen LogP contribution is 2.14. The van der Waals surface area contributed by atoms with Gasteiger partial charge in [-0.25, -0.2) is 0 Å². The number of carbonyl (C=O) groups is 1. The summed E-state index contributed by atoms with van der Waals surface area (Å²) in [7, 11) is 0. The lowest BCUT2D eigenvalue weighted by Gasteiger charge is -2.18. The number of amides is 1. The van der Waals surface area contributed by atoms with E-state index in [0.717, 1.165) is 5.56 Å². The van der Waals surface area contributed by atoms with Gasteiger partial charge in [-0.3, -0.25) is 4.79 Å². The highest BCUT2D eigenvalue weighted by Gasteiger charge is 2.15. The molecule has 2 atom stereocenters. The minimum atomic E-state index is -0.0743. The third-order valence-corrected chi connectivity index (χ3v) is 3.20. The predicted molar refractivity (Wildman–Crippen MR) is 75.2 cm³/mol. The van der Waals surface area contributed by atoms with Crippen LogP contribution in [0.1, 0.15) is 44.4 Å².